The Labute approximate surface area is 197 Å². The number of nitrogens with zero attached hydrogens (tertiary/aromatic N) is 3. The van der Waals surface area contributed by atoms with Crippen molar-refractivity contribution in [3.05, 3.63) is 83.0 Å². The molecule has 0 saturated heterocycles. The summed E-state index contributed by atoms with van der Waals surface area (Å²) >= 11 is 5.79. The summed E-state index contributed by atoms with van der Waals surface area (Å²) in [6, 6.07) is 13.2. The van der Waals surface area contributed by atoms with Gasteiger partial charge >= 0.3 is 0 Å². The van der Waals surface area contributed by atoms with Crippen LogP contribution in [-0.2, 0) is 13.0 Å². The predicted octanol–water partition coefficient (Wildman–Crippen LogP) is 4.59. The molecule has 0 bridgehead atoms. The monoisotopic (exact) mass is 541 g/mol. The molecule has 0 aliphatic rings. The minimum absolute atomic E-state index is 0. The normalized spacial score (nSPS) is 10.8. The van der Waals surface area contributed by atoms with E-state index in [2.05, 4.69) is 25.6 Å². The molecule has 0 aliphatic heterocycles. The van der Waals surface area contributed by atoms with E-state index in [1.165, 1.54) is 12.1 Å². The van der Waals surface area contributed by atoms with Crippen LogP contribution in [0.15, 0.2) is 65.9 Å². The first kappa shape index (κ1) is 23.8. The molecule has 2 aromatic heterocycles. The van der Waals surface area contributed by atoms with Gasteiger partial charge in [0.15, 0.2) is 5.96 Å². The lowest BCUT2D eigenvalue weighted by molar-refractivity contribution is 0.461. The summed E-state index contributed by atoms with van der Waals surface area (Å²) in [7, 11) is 1.72. The molecule has 158 valence electrons. The van der Waals surface area contributed by atoms with Crippen LogP contribution < -0.4 is 15.4 Å². The number of benzene rings is 1. The third kappa shape index (κ3) is 7.75. The van der Waals surface area contributed by atoms with Gasteiger partial charge in [0, 0.05) is 38.6 Å². The third-order valence-corrected chi connectivity index (χ3v) is 4.24. The Morgan fingerprint density at radius 2 is 1.73 bits per heavy atom. The molecule has 3 rings (SSSR count). The zero-order chi connectivity index (χ0) is 20.5. The van der Waals surface area contributed by atoms with Gasteiger partial charge in [-0.25, -0.2) is 14.4 Å². The van der Waals surface area contributed by atoms with E-state index in [4.69, 9.17) is 16.3 Å². The summed E-state index contributed by atoms with van der Waals surface area (Å²) in [5.41, 5.74) is 2.07. The minimum atomic E-state index is -0.307. The number of rotatable bonds is 7. The van der Waals surface area contributed by atoms with E-state index in [9.17, 15) is 4.39 Å². The van der Waals surface area contributed by atoms with Gasteiger partial charge in [-0.2, -0.15) is 0 Å². The fourth-order valence-corrected chi connectivity index (χ4v) is 2.60. The van der Waals surface area contributed by atoms with Gasteiger partial charge in [0.25, 0.3) is 0 Å². The summed E-state index contributed by atoms with van der Waals surface area (Å²) in [5, 5.41) is 6.98. The van der Waals surface area contributed by atoms with Crippen LogP contribution in [0.5, 0.6) is 11.6 Å². The molecule has 0 saturated carbocycles. The Hall–Kier alpha value is -2.46. The molecule has 0 fully saturated rings. The number of nitrogens with one attached hydrogen (secondary N) is 2. The van der Waals surface area contributed by atoms with Crippen LogP contribution in [0.2, 0.25) is 5.15 Å². The fourth-order valence-electron chi connectivity index (χ4n) is 2.49. The topological polar surface area (TPSA) is 71.4 Å². The fraction of sp³-hybridized carbons (Fsp3) is 0.190. The third-order valence-electron chi connectivity index (χ3n) is 4.01. The Morgan fingerprint density at radius 3 is 2.37 bits per heavy atom. The van der Waals surface area contributed by atoms with E-state index in [0.717, 1.165) is 17.5 Å². The molecule has 1 aromatic carbocycles. The standard InChI is InChI=1S/C21H21ClFN5O.HI/c1-24-21(25-11-10-15-2-8-19(22)26-12-15)28-14-16-3-9-20(27-13-16)29-18-6-4-17(23)5-7-18;/h2-9,12-13H,10-11,14H2,1H3,(H2,24,25,28);1H. The zero-order valence-electron chi connectivity index (χ0n) is 16.3. The molecule has 0 unspecified atom stereocenters. The number of aromatic nitrogens is 2. The van der Waals surface area contributed by atoms with Crippen LogP contribution >= 0.6 is 35.6 Å². The average Bonchev–Trinajstić information content (AvgIpc) is 2.74. The van der Waals surface area contributed by atoms with Gasteiger partial charge in [-0.3, -0.25) is 4.99 Å². The maximum Gasteiger partial charge on any atom is 0.219 e. The van der Waals surface area contributed by atoms with E-state index in [0.29, 0.717) is 35.8 Å². The van der Waals surface area contributed by atoms with Gasteiger partial charge in [0.05, 0.1) is 0 Å². The van der Waals surface area contributed by atoms with Crippen molar-refractivity contribution >= 4 is 41.5 Å². The predicted molar refractivity (Wildman–Crippen MR) is 127 cm³/mol. The van der Waals surface area contributed by atoms with Crippen LogP contribution in [0.25, 0.3) is 0 Å². The maximum atomic E-state index is 12.9. The molecule has 0 atom stereocenters. The van der Waals surface area contributed by atoms with Crippen LogP contribution in [-0.4, -0.2) is 29.5 Å². The molecule has 0 amide bonds. The number of halogens is 3. The summed E-state index contributed by atoms with van der Waals surface area (Å²) in [6.07, 6.45) is 4.29. The molecule has 6 nitrogen and oxygen atoms in total. The summed E-state index contributed by atoms with van der Waals surface area (Å²) in [4.78, 5) is 12.6. The van der Waals surface area contributed by atoms with Crippen molar-refractivity contribution < 1.29 is 9.13 Å². The van der Waals surface area contributed by atoms with Crippen LogP contribution in [0.1, 0.15) is 11.1 Å². The Balaban J connectivity index is 0.00000320. The van der Waals surface area contributed by atoms with Gasteiger partial charge < -0.3 is 15.4 Å². The van der Waals surface area contributed by atoms with Gasteiger partial charge in [0.1, 0.15) is 16.7 Å². The van der Waals surface area contributed by atoms with Crippen molar-refractivity contribution in [3.63, 3.8) is 0 Å². The van der Waals surface area contributed by atoms with Crippen molar-refractivity contribution in [2.45, 2.75) is 13.0 Å². The highest BCUT2D eigenvalue weighted by Gasteiger charge is 2.02. The average molecular weight is 542 g/mol. The van der Waals surface area contributed by atoms with Crippen molar-refractivity contribution in [1.29, 1.82) is 0 Å². The Morgan fingerprint density at radius 1 is 1.00 bits per heavy atom. The van der Waals surface area contributed by atoms with Crippen LogP contribution in [0, 0.1) is 5.82 Å². The van der Waals surface area contributed by atoms with E-state index < -0.39 is 0 Å². The summed E-state index contributed by atoms with van der Waals surface area (Å²) in [6.45, 7) is 1.28. The van der Waals surface area contributed by atoms with E-state index in [1.54, 1.807) is 43.7 Å². The van der Waals surface area contributed by atoms with Crippen molar-refractivity contribution in [2.75, 3.05) is 13.6 Å². The molecule has 0 spiro atoms. The van der Waals surface area contributed by atoms with Gasteiger partial charge in [-0.1, -0.05) is 23.7 Å². The molecular weight excluding hydrogens is 520 g/mol. The number of ether oxygens (including phenoxy) is 1. The van der Waals surface area contributed by atoms with Gasteiger partial charge in [0.2, 0.25) is 5.88 Å². The van der Waals surface area contributed by atoms with Gasteiger partial charge in [-0.05, 0) is 47.9 Å². The molecular formula is C21H22ClFIN5O. The Kier molecular flexibility index (Phi) is 9.75. The van der Waals surface area contributed by atoms with Crippen molar-refractivity contribution in [3.8, 4) is 11.6 Å². The lowest BCUT2D eigenvalue weighted by Gasteiger charge is -2.12. The molecule has 9 heteroatoms. The number of hydrogen-bond donors (Lipinski definition) is 2. The van der Waals surface area contributed by atoms with Crippen LogP contribution in [0.4, 0.5) is 4.39 Å². The van der Waals surface area contributed by atoms with Crippen molar-refractivity contribution in [2.24, 2.45) is 4.99 Å². The lowest BCUT2D eigenvalue weighted by Crippen LogP contribution is -2.37. The largest absolute Gasteiger partial charge is 0.439 e. The lowest BCUT2D eigenvalue weighted by atomic mass is 10.2. The second-order valence-corrected chi connectivity index (χ2v) is 6.54. The molecule has 2 heterocycles. The molecule has 30 heavy (non-hydrogen) atoms. The molecule has 2 N–H and O–H groups in total. The SMILES string of the molecule is CN=C(NCCc1ccc(Cl)nc1)NCc1ccc(Oc2ccc(F)cc2)nc1.I. The second-order valence-electron chi connectivity index (χ2n) is 6.15. The molecule has 3 aromatic rings. The molecule has 0 radical (unpaired) electrons. The van der Waals surface area contributed by atoms with E-state index in [1.807, 2.05) is 12.1 Å². The summed E-state index contributed by atoms with van der Waals surface area (Å²) < 4.78 is 18.5. The number of hydrogen-bond acceptors (Lipinski definition) is 4. The summed E-state index contributed by atoms with van der Waals surface area (Å²) in [5.74, 6) is 1.36. The first-order valence-electron chi connectivity index (χ1n) is 9.05. The van der Waals surface area contributed by atoms with E-state index >= 15 is 0 Å². The van der Waals surface area contributed by atoms with Crippen LogP contribution in [0.3, 0.4) is 0 Å². The van der Waals surface area contributed by atoms with Crippen molar-refractivity contribution in [1.82, 2.24) is 20.6 Å². The highest BCUT2D eigenvalue weighted by atomic mass is 127. The number of aliphatic imine (C=N–C) groups is 1. The first-order chi connectivity index (χ1) is 14.1. The van der Waals surface area contributed by atoms with Gasteiger partial charge in [-0.15, -0.1) is 24.0 Å². The second kappa shape index (κ2) is 12.3. The van der Waals surface area contributed by atoms with E-state index in [-0.39, 0.29) is 29.8 Å². The maximum absolute atomic E-state index is 12.9. The first-order valence-corrected chi connectivity index (χ1v) is 9.43. The minimum Gasteiger partial charge on any atom is -0.439 e. The molecule has 0 aliphatic carbocycles. The smallest absolute Gasteiger partial charge is 0.219 e. The highest BCUT2D eigenvalue weighted by Crippen LogP contribution is 2.19. The Bertz CT molecular complexity index is 937. The zero-order valence-corrected chi connectivity index (χ0v) is 19.4. The number of pyridine rings is 2. The highest BCUT2D eigenvalue weighted by molar-refractivity contribution is 14.0. The number of guanidine groups is 1. The quantitative estimate of drug-likeness (QED) is 0.198.